The van der Waals surface area contributed by atoms with Crippen molar-refractivity contribution in [3.05, 3.63) is 59.7 Å². The van der Waals surface area contributed by atoms with Gasteiger partial charge in [0.2, 0.25) is 10.0 Å². The minimum atomic E-state index is -3.70. The molecule has 3 rings (SSSR count). The molecule has 7 nitrogen and oxygen atoms in total. The number of amides is 1. The van der Waals surface area contributed by atoms with Gasteiger partial charge in [-0.05, 0) is 54.8 Å². The highest BCUT2D eigenvalue weighted by molar-refractivity contribution is 7.89. The number of nitrogens with zero attached hydrogens (tertiary/aromatic N) is 2. The van der Waals surface area contributed by atoms with Crippen LogP contribution >= 0.6 is 0 Å². The zero-order valence-electron chi connectivity index (χ0n) is 17.6. The minimum absolute atomic E-state index is 0.0306. The Balaban J connectivity index is 1.81. The lowest BCUT2D eigenvalue weighted by atomic mass is 10.00. The molecule has 1 N–H and O–H groups in total. The number of sulfonamides is 1. The van der Waals surface area contributed by atoms with Gasteiger partial charge in [0.25, 0.3) is 5.91 Å². The molecule has 1 aliphatic heterocycles. The molecule has 0 saturated carbocycles. The summed E-state index contributed by atoms with van der Waals surface area (Å²) < 4.78 is 32.2. The third kappa shape index (κ3) is 5.63. The molecule has 1 aliphatic rings. The fourth-order valence-corrected chi connectivity index (χ4v) is 4.82. The largest absolute Gasteiger partial charge is 0.497 e. The highest BCUT2D eigenvalue weighted by Crippen LogP contribution is 2.32. The Labute approximate surface area is 183 Å². The van der Waals surface area contributed by atoms with Crippen molar-refractivity contribution < 1.29 is 17.9 Å². The predicted octanol–water partition coefficient (Wildman–Crippen LogP) is 3.64. The molecule has 2 aromatic rings. The number of nitrogens with one attached hydrogen (secondary N) is 1. The molecule has 31 heavy (non-hydrogen) atoms. The van der Waals surface area contributed by atoms with Gasteiger partial charge in [-0.2, -0.15) is 5.26 Å². The summed E-state index contributed by atoms with van der Waals surface area (Å²) in [4.78, 5) is 15.3. The SMILES string of the molecule is COc1ccc([C@H]2CCCCCN2C(=O)c2ccc(S(=O)(=O)NCCC#N)cc2)cc1. The maximum absolute atomic E-state index is 13.3. The number of nitriles is 1. The molecule has 1 fully saturated rings. The van der Waals surface area contributed by atoms with Crippen LogP contribution in [-0.4, -0.2) is 39.4 Å². The number of ether oxygens (including phenoxy) is 1. The molecule has 1 amide bonds. The summed E-state index contributed by atoms with van der Waals surface area (Å²) in [6.07, 6.45) is 4.03. The third-order valence-electron chi connectivity index (χ3n) is 5.45. The smallest absolute Gasteiger partial charge is 0.254 e. The molecule has 2 aromatic carbocycles. The van der Waals surface area contributed by atoms with Gasteiger partial charge in [-0.3, -0.25) is 4.79 Å². The number of hydrogen-bond acceptors (Lipinski definition) is 5. The van der Waals surface area contributed by atoms with Crippen LogP contribution in [0.3, 0.4) is 0 Å². The lowest BCUT2D eigenvalue weighted by Gasteiger charge is -2.31. The maximum atomic E-state index is 13.3. The summed E-state index contributed by atoms with van der Waals surface area (Å²) >= 11 is 0. The molecule has 164 valence electrons. The van der Waals surface area contributed by atoms with E-state index in [1.165, 1.54) is 12.1 Å². The van der Waals surface area contributed by atoms with E-state index < -0.39 is 10.0 Å². The van der Waals surface area contributed by atoms with Crippen LogP contribution in [0.25, 0.3) is 0 Å². The van der Waals surface area contributed by atoms with E-state index in [4.69, 9.17) is 10.00 Å². The molecule has 0 spiro atoms. The molecule has 0 aromatic heterocycles. The van der Waals surface area contributed by atoms with Crippen LogP contribution in [-0.2, 0) is 10.0 Å². The summed E-state index contributed by atoms with van der Waals surface area (Å²) in [6.45, 7) is 0.710. The third-order valence-corrected chi connectivity index (χ3v) is 6.93. The number of likely N-dealkylation sites (tertiary alicyclic amines) is 1. The van der Waals surface area contributed by atoms with Gasteiger partial charge >= 0.3 is 0 Å². The number of methoxy groups -OCH3 is 1. The van der Waals surface area contributed by atoms with Crippen molar-refractivity contribution >= 4 is 15.9 Å². The monoisotopic (exact) mass is 441 g/mol. The highest BCUT2D eigenvalue weighted by atomic mass is 32.2. The van der Waals surface area contributed by atoms with Crippen LogP contribution in [0.15, 0.2) is 53.4 Å². The van der Waals surface area contributed by atoms with Gasteiger partial charge in [-0.25, -0.2) is 13.1 Å². The molecular weight excluding hydrogens is 414 g/mol. The summed E-state index contributed by atoms with van der Waals surface area (Å²) in [5.41, 5.74) is 1.52. The molecule has 1 heterocycles. The van der Waals surface area contributed by atoms with Crippen molar-refractivity contribution in [3.63, 3.8) is 0 Å². The molecule has 1 atom stereocenters. The normalized spacial score (nSPS) is 16.9. The van der Waals surface area contributed by atoms with Gasteiger partial charge in [-0.1, -0.05) is 25.0 Å². The van der Waals surface area contributed by atoms with Crippen LogP contribution in [0.4, 0.5) is 0 Å². The van der Waals surface area contributed by atoms with Gasteiger partial charge in [-0.15, -0.1) is 0 Å². The summed E-state index contributed by atoms with van der Waals surface area (Å²) in [7, 11) is -2.08. The highest BCUT2D eigenvalue weighted by Gasteiger charge is 2.28. The van der Waals surface area contributed by atoms with Crippen molar-refractivity contribution in [2.75, 3.05) is 20.2 Å². The van der Waals surface area contributed by atoms with E-state index in [9.17, 15) is 13.2 Å². The van der Waals surface area contributed by atoms with Crippen molar-refractivity contribution in [3.8, 4) is 11.8 Å². The second kappa shape index (κ2) is 10.4. The first-order chi connectivity index (χ1) is 15.0. The lowest BCUT2D eigenvalue weighted by molar-refractivity contribution is 0.0681. The molecule has 1 saturated heterocycles. The van der Waals surface area contributed by atoms with E-state index in [0.717, 1.165) is 37.0 Å². The Hall–Kier alpha value is -2.89. The quantitative estimate of drug-likeness (QED) is 0.661. The van der Waals surface area contributed by atoms with Crippen molar-refractivity contribution in [1.29, 1.82) is 5.26 Å². The first-order valence-electron chi connectivity index (χ1n) is 10.4. The van der Waals surface area contributed by atoms with E-state index in [2.05, 4.69) is 4.72 Å². The number of hydrogen-bond donors (Lipinski definition) is 1. The Kier molecular flexibility index (Phi) is 7.66. The summed E-state index contributed by atoms with van der Waals surface area (Å²) in [6, 6.07) is 15.6. The molecular formula is C23H27N3O4S. The maximum Gasteiger partial charge on any atom is 0.254 e. The van der Waals surface area contributed by atoms with E-state index in [1.807, 2.05) is 35.2 Å². The number of carbonyl (C=O) groups excluding carboxylic acids is 1. The number of benzene rings is 2. The number of rotatable bonds is 7. The van der Waals surface area contributed by atoms with E-state index >= 15 is 0 Å². The van der Waals surface area contributed by atoms with E-state index in [1.54, 1.807) is 19.2 Å². The van der Waals surface area contributed by atoms with Gasteiger partial charge in [0.1, 0.15) is 5.75 Å². The fraction of sp³-hybridized carbons (Fsp3) is 0.391. The van der Waals surface area contributed by atoms with Gasteiger partial charge < -0.3 is 9.64 Å². The predicted molar refractivity (Wildman–Crippen MR) is 117 cm³/mol. The standard InChI is InChI=1S/C23H27N3O4S/c1-30-20-11-7-18(8-12-20)22-6-3-2-4-17-26(22)23(27)19-9-13-21(14-10-19)31(28,29)25-16-5-15-24/h7-14,22,25H,2-6,16-17H2,1H3/t22-/m1/s1. The van der Waals surface area contributed by atoms with Crippen LogP contribution < -0.4 is 9.46 Å². The second-order valence-electron chi connectivity index (χ2n) is 7.47. The van der Waals surface area contributed by atoms with Gasteiger partial charge in [0.15, 0.2) is 0 Å². The Morgan fingerprint density at radius 3 is 2.48 bits per heavy atom. The van der Waals surface area contributed by atoms with E-state index in [-0.39, 0.29) is 29.8 Å². The van der Waals surface area contributed by atoms with Crippen molar-refractivity contribution in [2.24, 2.45) is 0 Å². The Morgan fingerprint density at radius 1 is 1.13 bits per heavy atom. The summed E-state index contributed by atoms with van der Waals surface area (Å²) in [5, 5.41) is 8.57. The van der Waals surface area contributed by atoms with Crippen LogP contribution in [0.1, 0.15) is 54.1 Å². The first kappa shape index (κ1) is 22.8. The Bertz CT molecular complexity index is 1030. The minimum Gasteiger partial charge on any atom is -0.497 e. The first-order valence-corrected chi connectivity index (χ1v) is 11.9. The summed E-state index contributed by atoms with van der Waals surface area (Å²) in [5.74, 6) is 0.666. The van der Waals surface area contributed by atoms with Crippen LogP contribution in [0, 0.1) is 11.3 Å². The van der Waals surface area contributed by atoms with Gasteiger partial charge in [0, 0.05) is 25.1 Å². The van der Waals surface area contributed by atoms with E-state index in [0.29, 0.717) is 12.1 Å². The van der Waals surface area contributed by atoms with Gasteiger partial charge in [0.05, 0.1) is 24.1 Å². The molecule has 0 aliphatic carbocycles. The average molecular weight is 442 g/mol. The van der Waals surface area contributed by atoms with Crippen LogP contribution in [0.5, 0.6) is 5.75 Å². The zero-order valence-corrected chi connectivity index (χ0v) is 18.4. The molecule has 0 radical (unpaired) electrons. The topological polar surface area (TPSA) is 99.5 Å². The zero-order chi connectivity index (χ0) is 22.3. The average Bonchev–Trinajstić information content (AvgIpc) is 3.05. The Morgan fingerprint density at radius 2 is 1.84 bits per heavy atom. The molecule has 0 bridgehead atoms. The van der Waals surface area contributed by atoms with Crippen molar-refractivity contribution in [1.82, 2.24) is 9.62 Å². The van der Waals surface area contributed by atoms with Crippen LogP contribution in [0.2, 0.25) is 0 Å². The second-order valence-corrected chi connectivity index (χ2v) is 9.23. The lowest BCUT2D eigenvalue weighted by Crippen LogP contribution is -2.34. The molecule has 8 heteroatoms. The molecule has 0 unspecified atom stereocenters. The fourth-order valence-electron chi connectivity index (χ4n) is 3.79. The van der Waals surface area contributed by atoms with Crippen molar-refractivity contribution in [2.45, 2.75) is 43.0 Å². The number of carbonyl (C=O) groups is 1.